The van der Waals surface area contributed by atoms with Crippen LogP contribution in [0.2, 0.25) is 0 Å². The summed E-state index contributed by atoms with van der Waals surface area (Å²) in [7, 11) is 0. The first kappa shape index (κ1) is 14.1. The van der Waals surface area contributed by atoms with Crippen LogP contribution in [0.4, 0.5) is 0 Å². The highest BCUT2D eigenvalue weighted by Gasteiger charge is 2.20. The van der Waals surface area contributed by atoms with Crippen LogP contribution in [0.25, 0.3) is 54.9 Å². The van der Waals surface area contributed by atoms with Crippen LogP contribution in [0.15, 0.2) is 70.3 Å². The summed E-state index contributed by atoms with van der Waals surface area (Å²) in [5.41, 5.74) is 4.02. The van der Waals surface area contributed by atoms with Crippen LogP contribution < -0.4 is 11.1 Å². The molecule has 0 fully saturated rings. The van der Waals surface area contributed by atoms with Crippen molar-refractivity contribution in [3.63, 3.8) is 0 Å². The van der Waals surface area contributed by atoms with E-state index >= 15 is 0 Å². The molecule has 0 bridgehead atoms. The molecule has 0 aliphatic heterocycles. The fraction of sp³-hybridized carbons (Fsp3) is 0. The molecule has 3 aromatic carbocycles. The molecule has 28 heavy (non-hydrogen) atoms. The molecule has 6 heteroatoms. The van der Waals surface area contributed by atoms with Gasteiger partial charge in [-0.05, 0) is 36.4 Å². The van der Waals surface area contributed by atoms with Crippen molar-refractivity contribution >= 4 is 54.9 Å². The Morgan fingerprint density at radius 3 is 1.46 bits per heavy atom. The van der Waals surface area contributed by atoms with Gasteiger partial charge in [0.05, 0.1) is 32.8 Å². The lowest BCUT2D eigenvalue weighted by atomic mass is 10.1. The largest absolute Gasteiger partial charge is 0.268 e. The van der Waals surface area contributed by atoms with Gasteiger partial charge >= 0.3 is 0 Å². The molecular weight excluding hydrogens is 352 g/mol. The summed E-state index contributed by atoms with van der Waals surface area (Å²) in [5.74, 6) is 0. The van der Waals surface area contributed by atoms with Gasteiger partial charge in [-0.3, -0.25) is 18.4 Å². The van der Waals surface area contributed by atoms with E-state index in [0.29, 0.717) is 32.8 Å². The smallest absolute Gasteiger partial charge is 0.264 e. The first-order valence-corrected chi connectivity index (χ1v) is 8.95. The van der Waals surface area contributed by atoms with Crippen LogP contribution in [-0.4, -0.2) is 18.8 Å². The Morgan fingerprint density at radius 2 is 1.00 bits per heavy atom. The minimum atomic E-state index is -0.122. The van der Waals surface area contributed by atoms with Gasteiger partial charge in [0.25, 0.3) is 11.1 Å². The van der Waals surface area contributed by atoms with Gasteiger partial charge in [0.2, 0.25) is 0 Å². The molecule has 0 aliphatic carbocycles. The highest BCUT2D eigenvalue weighted by Crippen LogP contribution is 2.29. The molecule has 0 amide bonds. The quantitative estimate of drug-likeness (QED) is 0.415. The predicted octanol–water partition coefficient (Wildman–Crippen LogP) is 3.19. The first-order valence-electron chi connectivity index (χ1n) is 8.95. The topological polar surface area (TPSA) is 68.7 Å². The lowest BCUT2D eigenvalue weighted by Gasteiger charge is -1.91. The van der Waals surface area contributed by atoms with E-state index in [2.05, 4.69) is 9.97 Å². The van der Waals surface area contributed by atoms with Gasteiger partial charge in [0.1, 0.15) is 11.3 Å². The van der Waals surface area contributed by atoms with E-state index in [1.165, 1.54) is 0 Å². The van der Waals surface area contributed by atoms with Gasteiger partial charge in [0.15, 0.2) is 0 Å². The summed E-state index contributed by atoms with van der Waals surface area (Å²) >= 11 is 0. The zero-order chi connectivity index (χ0) is 18.6. The highest BCUT2D eigenvalue weighted by atomic mass is 16.1. The number of rotatable bonds is 0. The maximum absolute atomic E-state index is 13.1. The SMILES string of the molecule is O=c1c2cc3c(cc2c2nc4ccccc4n12)c(=O)n1c2ccccc2nc31. The van der Waals surface area contributed by atoms with Crippen LogP contribution in [0, 0.1) is 0 Å². The molecule has 7 aromatic rings. The van der Waals surface area contributed by atoms with Crippen molar-refractivity contribution in [3.05, 3.63) is 81.4 Å². The van der Waals surface area contributed by atoms with Crippen molar-refractivity contribution in [3.8, 4) is 0 Å². The van der Waals surface area contributed by atoms with Gasteiger partial charge in [-0.15, -0.1) is 0 Å². The second-order valence-corrected chi connectivity index (χ2v) is 7.07. The van der Waals surface area contributed by atoms with Crippen molar-refractivity contribution in [2.75, 3.05) is 0 Å². The van der Waals surface area contributed by atoms with E-state index in [9.17, 15) is 9.59 Å². The highest BCUT2D eigenvalue weighted by molar-refractivity contribution is 6.11. The maximum Gasteiger partial charge on any atom is 0.264 e. The van der Waals surface area contributed by atoms with Gasteiger partial charge in [0, 0.05) is 10.8 Å². The molecule has 0 spiro atoms. The van der Waals surface area contributed by atoms with E-state index < -0.39 is 0 Å². The van der Waals surface area contributed by atoms with Crippen LogP contribution in [-0.2, 0) is 0 Å². The Hall–Kier alpha value is -4.06. The van der Waals surface area contributed by atoms with Gasteiger partial charge in [-0.25, -0.2) is 9.97 Å². The zero-order valence-corrected chi connectivity index (χ0v) is 14.4. The summed E-state index contributed by atoms with van der Waals surface area (Å²) in [6.07, 6.45) is 0. The summed E-state index contributed by atoms with van der Waals surface area (Å²) in [4.78, 5) is 35.5. The van der Waals surface area contributed by atoms with E-state index in [1.807, 2.05) is 48.5 Å². The monoisotopic (exact) mass is 362 g/mol. The minimum Gasteiger partial charge on any atom is -0.268 e. The predicted molar refractivity (Wildman–Crippen MR) is 109 cm³/mol. The van der Waals surface area contributed by atoms with E-state index in [4.69, 9.17) is 0 Å². The van der Waals surface area contributed by atoms with Gasteiger partial charge in [-0.1, -0.05) is 24.3 Å². The summed E-state index contributed by atoms with van der Waals surface area (Å²) in [5, 5.41) is 2.51. The molecule has 130 valence electrons. The van der Waals surface area contributed by atoms with Crippen molar-refractivity contribution in [1.82, 2.24) is 18.8 Å². The molecule has 4 aromatic heterocycles. The maximum atomic E-state index is 13.1. The number of fused-ring (bicyclic) bond motifs is 10. The average Bonchev–Trinajstić information content (AvgIpc) is 3.42. The Kier molecular flexibility index (Phi) is 2.22. The number of hydrogen-bond donors (Lipinski definition) is 0. The van der Waals surface area contributed by atoms with E-state index in [1.54, 1.807) is 20.9 Å². The van der Waals surface area contributed by atoms with Crippen molar-refractivity contribution in [1.29, 1.82) is 0 Å². The van der Waals surface area contributed by atoms with E-state index in [-0.39, 0.29) is 11.1 Å². The molecule has 0 atom stereocenters. The third-order valence-electron chi connectivity index (χ3n) is 5.63. The Labute approximate surface area is 155 Å². The molecule has 0 aliphatic rings. The second kappa shape index (κ2) is 4.43. The fourth-order valence-corrected chi connectivity index (χ4v) is 4.39. The summed E-state index contributed by atoms with van der Waals surface area (Å²) in [6.45, 7) is 0. The average molecular weight is 362 g/mol. The van der Waals surface area contributed by atoms with Crippen LogP contribution in [0.3, 0.4) is 0 Å². The molecule has 0 saturated heterocycles. The molecule has 6 nitrogen and oxygen atoms in total. The van der Waals surface area contributed by atoms with Crippen LogP contribution >= 0.6 is 0 Å². The van der Waals surface area contributed by atoms with Crippen LogP contribution in [0.1, 0.15) is 0 Å². The lowest BCUT2D eigenvalue weighted by molar-refractivity contribution is 1.21. The van der Waals surface area contributed by atoms with Gasteiger partial charge in [-0.2, -0.15) is 0 Å². The Balaban J connectivity index is 1.76. The third-order valence-corrected chi connectivity index (χ3v) is 5.63. The standard InChI is InChI=1S/C22H10N4O2/c27-21-13-10-12-14(22(28)26-18-8-4-2-6-16(18)24-20(12)26)9-11(13)19-23-15-5-1-3-7-17(15)25(19)21/h1-10H. The first-order chi connectivity index (χ1) is 13.7. The fourth-order valence-electron chi connectivity index (χ4n) is 4.39. The number of imidazole rings is 2. The van der Waals surface area contributed by atoms with Crippen molar-refractivity contribution in [2.45, 2.75) is 0 Å². The molecule has 7 rings (SSSR count). The molecule has 0 saturated carbocycles. The van der Waals surface area contributed by atoms with E-state index in [0.717, 1.165) is 22.1 Å². The third kappa shape index (κ3) is 1.43. The second-order valence-electron chi connectivity index (χ2n) is 7.07. The van der Waals surface area contributed by atoms with Crippen molar-refractivity contribution in [2.24, 2.45) is 0 Å². The van der Waals surface area contributed by atoms with Crippen LogP contribution in [0.5, 0.6) is 0 Å². The van der Waals surface area contributed by atoms with Crippen molar-refractivity contribution < 1.29 is 0 Å². The molecule has 0 N–H and O–H groups in total. The summed E-state index contributed by atoms with van der Waals surface area (Å²) in [6, 6.07) is 18.7. The number of nitrogens with zero attached hydrogens (tertiary/aromatic N) is 4. The number of aromatic nitrogens is 4. The normalized spacial score (nSPS) is 12.6. The molecule has 0 radical (unpaired) electrons. The molecule has 0 unspecified atom stereocenters. The Bertz CT molecular complexity index is 1720. The van der Waals surface area contributed by atoms with Gasteiger partial charge < -0.3 is 0 Å². The minimum absolute atomic E-state index is 0.122. The molecule has 4 heterocycles. The number of benzene rings is 3. The summed E-state index contributed by atoms with van der Waals surface area (Å²) < 4.78 is 3.26. The lowest BCUT2D eigenvalue weighted by Crippen LogP contribution is -2.05. The number of para-hydroxylation sites is 4. The number of hydrogen-bond acceptors (Lipinski definition) is 4. The molecular formula is C22H10N4O2. The zero-order valence-electron chi connectivity index (χ0n) is 14.4. The Morgan fingerprint density at radius 1 is 0.571 bits per heavy atom.